The summed E-state index contributed by atoms with van der Waals surface area (Å²) in [5.41, 5.74) is 2.71. The van der Waals surface area contributed by atoms with E-state index in [-0.39, 0.29) is 0 Å². The minimum absolute atomic E-state index is 0.558. The zero-order valence-electron chi connectivity index (χ0n) is 9.79. The molecule has 0 aliphatic carbocycles. The molecule has 1 aromatic carbocycles. The van der Waals surface area contributed by atoms with Crippen molar-refractivity contribution < 1.29 is 4.74 Å². The summed E-state index contributed by atoms with van der Waals surface area (Å²) < 4.78 is 5.30. The van der Waals surface area contributed by atoms with Crippen LogP contribution in [0, 0.1) is 0 Å². The molecule has 0 atom stereocenters. The van der Waals surface area contributed by atoms with Gasteiger partial charge in [0, 0.05) is 0 Å². The van der Waals surface area contributed by atoms with Crippen molar-refractivity contribution >= 4 is 0 Å². The standard InChI is InChI=1S/C13H20O/c1-9(2)11-6-12(10(3)4)8-13(7-11)14-5/h6-10H,1-5H3. The van der Waals surface area contributed by atoms with E-state index in [1.165, 1.54) is 11.1 Å². The molecule has 0 fully saturated rings. The third-order valence-electron chi connectivity index (χ3n) is 2.52. The Hall–Kier alpha value is -0.980. The molecule has 0 amide bonds. The Labute approximate surface area is 87.1 Å². The summed E-state index contributed by atoms with van der Waals surface area (Å²) in [5.74, 6) is 2.09. The van der Waals surface area contributed by atoms with Crippen LogP contribution in [-0.4, -0.2) is 7.11 Å². The van der Waals surface area contributed by atoms with Gasteiger partial charge in [-0.3, -0.25) is 0 Å². The second-order valence-corrected chi connectivity index (χ2v) is 4.35. The Morgan fingerprint density at radius 2 is 1.29 bits per heavy atom. The number of ether oxygens (including phenoxy) is 1. The van der Waals surface area contributed by atoms with Crippen molar-refractivity contribution in [2.24, 2.45) is 0 Å². The van der Waals surface area contributed by atoms with Crippen molar-refractivity contribution in [3.63, 3.8) is 0 Å². The van der Waals surface area contributed by atoms with E-state index in [4.69, 9.17) is 4.74 Å². The van der Waals surface area contributed by atoms with Gasteiger partial charge in [-0.1, -0.05) is 33.8 Å². The maximum Gasteiger partial charge on any atom is 0.119 e. The van der Waals surface area contributed by atoms with Crippen molar-refractivity contribution in [1.82, 2.24) is 0 Å². The van der Waals surface area contributed by atoms with Gasteiger partial charge < -0.3 is 4.74 Å². The summed E-state index contributed by atoms with van der Waals surface area (Å²) in [4.78, 5) is 0. The molecule has 0 saturated carbocycles. The molecule has 0 aliphatic heterocycles. The van der Waals surface area contributed by atoms with Crippen LogP contribution in [-0.2, 0) is 0 Å². The second kappa shape index (κ2) is 4.50. The first-order valence-corrected chi connectivity index (χ1v) is 5.23. The normalized spacial score (nSPS) is 11.1. The van der Waals surface area contributed by atoms with Crippen LogP contribution in [0.25, 0.3) is 0 Å². The molecule has 1 aromatic rings. The molecule has 1 nitrogen and oxygen atoms in total. The number of rotatable bonds is 3. The van der Waals surface area contributed by atoms with Gasteiger partial charge in [-0.05, 0) is 35.1 Å². The van der Waals surface area contributed by atoms with E-state index in [1.54, 1.807) is 7.11 Å². The lowest BCUT2D eigenvalue weighted by Gasteiger charge is -2.13. The number of hydrogen-bond acceptors (Lipinski definition) is 1. The topological polar surface area (TPSA) is 9.23 Å². The SMILES string of the molecule is COc1cc(C(C)C)cc(C(C)C)c1. The van der Waals surface area contributed by atoms with Crippen LogP contribution in [0.2, 0.25) is 0 Å². The van der Waals surface area contributed by atoms with Crippen LogP contribution < -0.4 is 4.74 Å². The number of benzene rings is 1. The Kier molecular flexibility index (Phi) is 3.56. The molecular formula is C13H20O. The van der Waals surface area contributed by atoms with Gasteiger partial charge in [0.05, 0.1) is 7.11 Å². The van der Waals surface area contributed by atoms with E-state index < -0.39 is 0 Å². The quantitative estimate of drug-likeness (QED) is 0.704. The fourth-order valence-corrected chi connectivity index (χ4v) is 1.43. The first-order chi connectivity index (χ1) is 6.54. The second-order valence-electron chi connectivity index (χ2n) is 4.35. The first kappa shape index (κ1) is 11.1. The van der Waals surface area contributed by atoms with Crippen molar-refractivity contribution in [2.45, 2.75) is 39.5 Å². The summed E-state index contributed by atoms with van der Waals surface area (Å²) in [7, 11) is 1.73. The molecule has 0 N–H and O–H groups in total. The number of hydrogen-bond donors (Lipinski definition) is 0. The van der Waals surface area contributed by atoms with Crippen LogP contribution in [0.3, 0.4) is 0 Å². The van der Waals surface area contributed by atoms with Gasteiger partial charge in [-0.25, -0.2) is 0 Å². The zero-order chi connectivity index (χ0) is 10.7. The van der Waals surface area contributed by atoms with Gasteiger partial charge >= 0.3 is 0 Å². The maximum atomic E-state index is 5.30. The van der Waals surface area contributed by atoms with Crippen molar-refractivity contribution in [3.8, 4) is 5.75 Å². The zero-order valence-corrected chi connectivity index (χ0v) is 9.79. The minimum Gasteiger partial charge on any atom is -0.497 e. The third kappa shape index (κ3) is 2.50. The molecule has 0 bridgehead atoms. The maximum absolute atomic E-state index is 5.30. The van der Waals surface area contributed by atoms with Crippen LogP contribution in [0.1, 0.15) is 50.7 Å². The summed E-state index contributed by atoms with van der Waals surface area (Å²) >= 11 is 0. The van der Waals surface area contributed by atoms with E-state index in [0.717, 1.165) is 5.75 Å². The van der Waals surface area contributed by atoms with Gasteiger partial charge in [0.15, 0.2) is 0 Å². The first-order valence-electron chi connectivity index (χ1n) is 5.23. The molecule has 0 saturated heterocycles. The molecule has 0 unspecified atom stereocenters. The van der Waals surface area contributed by atoms with Gasteiger partial charge in [0.2, 0.25) is 0 Å². The van der Waals surface area contributed by atoms with Gasteiger partial charge in [0.1, 0.15) is 5.75 Å². The summed E-state index contributed by atoms with van der Waals surface area (Å²) in [5, 5.41) is 0. The highest BCUT2D eigenvalue weighted by atomic mass is 16.5. The Bertz CT molecular complexity index is 274. The molecule has 0 aliphatic rings. The van der Waals surface area contributed by atoms with Crippen LogP contribution >= 0.6 is 0 Å². The fraction of sp³-hybridized carbons (Fsp3) is 0.538. The largest absolute Gasteiger partial charge is 0.497 e. The van der Waals surface area contributed by atoms with Crippen LogP contribution in [0.4, 0.5) is 0 Å². The minimum atomic E-state index is 0.558. The molecule has 0 aromatic heterocycles. The highest BCUT2D eigenvalue weighted by Crippen LogP contribution is 2.26. The monoisotopic (exact) mass is 192 g/mol. The van der Waals surface area contributed by atoms with Gasteiger partial charge in [-0.2, -0.15) is 0 Å². The van der Waals surface area contributed by atoms with Crippen molar-refractivity contribution in [2.75, 3.05) is 7.11 Å². The van der Waals surface area contributed by atoms with Gasteiger partial charge in [-0.15, -0.1) is 0 Å². The van der Waals surface area contributed by atoms with Crippen molar-refractivity contribution in [3.05, 3.63) is 29.3 Å². The van der Waals surface area contributed by atoms with E-state index in [0.29, 0.717) is 11.8 Å². The highest BCUT2D eigenvalue weighted by Gasteiger charge is 2.06. The summed E-state index contributed by atoms with van der Waals surface area (Å²) in [6, 6.07) is 6.52. The van der Waals surface area contributed by atoms with E-state index in [9.17, 15) is 0 Å². The highest BCUT2D eigenvalue weighted by molar-refractivity contribution is 5.37. The molecule has 78 valence electrons. The van der Waals surface area contributed by atoms with E-state index in [1.807, 2.05) is 0 Å². The smallest absolute Gasteiger partial charge is 0.119 e. The molecule has 0 spiro atoms. The van der Waals surface area contributed by atoms with Crippen LogP contribution in [0.15, 0.2) is 18.2 Å². The molecule has 0 radical (unpaired) electrons. The Morgan fingerprint density at radius 3 is 1.57 bits per heavy atom. The Balaban J connectivity index is 3.13. The molecular weight excluding hydrogens is 172 g/mol. The fourth-order valence-electron chi connectivity index (χ4n) is 1.43. The van der Waals surface area contributed by atoms with Gasteiger partial charge in [0.25, 0.3) is 0 Å². The van der Waals surface area contributed by atoms with E-state index in [2.05, 4.69) is 45.9 Å². The lowest BCUT2D eigenvalue weighted by molar-refractivity contribution is 0.413. The summed E-state index contributed by atoms with van der Waals surface area (Å²) in [6.07, 6.45) is 0. The lowest BCUT2D eigenvalue weighted by atomic mass is 9.95. The Morgan fingerprint density at radius 1 is 0.857 bits per heavy atom. The number of methoxy groups -OCH3 is 1. The summed E-state index contributed by atoms with van der Waals surface area (Å²) in [6.45, 7) is 8.83. The molecule has 1 rings (SSSR count). The molecule has 0 heterocycles. The predicted octanol–water partition coefficient (Wildman–Crippen LogP) is 3.94. The lowest BCUT2D eigenvalue weighted by Crippen LogP contribution is -1.95. The molecule has 1 heteroatoms. The van der Waals surface area contributed by atoms with Crippen LogP contribution in [0.5, 0.6) is 5.75 Å². The molecule has 14 heavy (non-hydrogen) atoms. The average molecular weight is 192 g/mol. The third-order valence-corrected chi connectivity index (χ3v) is 2.52. The average Bonchev–Trinajstić information content (AvgIpc) is 2.16. The van der Waals surface area contributed by atoms with E-state index >= 15 is 0 Å². The van der Waals surface area contributed by atoms with Crippen molar-refractivity contribution in [1.29, 1.82) is 0 Å². The predicted molar refractivity (Wildman–Crippen MR) is 61.2 cm³/mol.